The van der Waals surface area contributed by atoms with Gasteiger partial charge >= 0.3 is 0 Å². The number of rotatable bonds is 10. The van der Waals surface area contributed by atoms with Crippen LogP contribution in [0.3, 0.4) is 0 Å². The molecule has 0 amide bonds. The van der Waals surface area contributed by atoms with Crippen LogP contribution >= 0.6 is 0 Å². The summed E-state index contributed by atoms with van der Waals surface area (Å²) in [5, 5.41) is 15.9. The number of para-hydroxylation sites is 1. The summed E-state index contributed by atoms with van der Waals surface area (Å²) in [5.41, 5.74) is 10.9. The fourth-order valence-corrected chi connectivity index (χ4v) is 8.49. The zero-order chi connectivity index (χ0) is 44.7. The van der Waals surface area contributed by atoms with E-state index in [1.54, 1.807) is 0 Å². The number of allylic oxidation sites excluding steroid dienone is 2. The van der Waals surface area contributed by atoms with Crippen LogP contribution in [0.25, 0.3) is 54.9 Å². The minimum Gasteiger partial charge on any atom is -0.512 e. The second kappa shape index (κ2) is 18.5. The van der Waals surface area contributed by atoms with Gasteiger partial charge in [-0.25, -0.2) is 0 Å². The fraction of sp³-hybridized carbons (Fsp3) is 0.500. The van der Waals surface area contributed by atoms with E-state index in [0.29, 0.717) is 0 Å². The first-order valence-corrected chi connectivity index (χ1v) is 22.5. The third-order valence-electron chi connectivity index (χ3n) is 13.0. The number of aromatic nitrogens is 1. The molecule has 331 valence electrons. The van der Waals surface area contributed by atoms with E-state index in [1.165, 1.54) is 39.3 Å². The Morgan fingerprint density at radius 3 is 1.89 bits per heavy atom. The quantitative estimate of drug-likeness (QED) is 0.0844. The molecule has 0 unspecified atom stereocenters. The molecular weight excluding hydrogens is 927 g/mol. The number of ketones is 1. The van der Waals surface area contributed by atoms with Gasteiger partial charge in [0.25, 0.3) is 0 Å². The molecule has 6 rings (SSSR count). The van der Waals surface area contributed by atoms with Crippen LogP contribution in [0.5, 0.6) is 0 Å². The van der Waals surface area contributed by atoms with Gasteiger partial charge in [-0.15, -0.1) is 29.1 Å². The largest absolute Gasteiger partial charge is 0.512 e. The van der Waals surface area contributed by atoms with Crippen LogP contribution in [-0.4, -0.2) is 15.9 Å². The van der Waals surface area contributed by atoms with Crippen molar-refractivity contribution in [1.82, 2.24) is 4.98 Å². The van der Waals surface area contributed by atoms with Crippen LogP contribution in [0.15, 0.2) is 70.8 Å². The summed E-state index contributed by atoms with van der Waals surface area (Å²) < 4.78 is 6.93. The SMILES string of the molecule is CCC(C)(CC)C(=O)/C=C(\O)C(C)(CC)CC.Cc1cc(C)c2c(c1)nc(-c1[c-]c3cc(CC(C)(C)C)ccc3c(C(C)(C)C)c1)c1c3cccc(CC(C)(C)C)c3oc21.[Ir]. The Bertz CT molecular complexity index is 2560. The summed E-state index contributed by atoms with van der Waals surface area (Å²) in [6.45, 7) is 37.1. The molecule has 2 heterocycles. The molecule has 4 aromatic carbocycles. The smallest absolute Gasteiger partial charge is 0.164 e. The number of hydrogen-bond donors (Lipinski definition) is 1. The number of aliphatic hydroxyl groups is 1. The molecule has 0 aliphatic heterocycles. The van der Waals surface area contributed by atoms with Gasteiger partial charge in [0.05, 0.1) is 5.52 Å². The maximum atomic E-state index is 12.2. The van der Waals surface area contributed by atoms with Gasteiger partial charge in [0.1, 0.15) is 16.9 Å². The Hall–Kier alpha value is -3.79. The zero-order valence-corrected chi connectivity index (χ0v) is 43.0. The van der Waals surface area contributed by atoms with E-state index < -0.39 is 0 Å². The van der Waals surface area contributed by atoms with Crippen molar-refractivity contribution in [2.24, 2.45) is 21.7 Å². The maximum Gasteiger partial charge on any atom is 0.164 e. The predicted octanol–water partition coefficient (Wildman–Crippen LogP) is 16.5. The molecule has 4 nitrogen and oxygen atoms in total. The normalized spacial score (nSPS) is 13.2. The molecule has 2 aromatic heterocycles. The number of nitrogens with zero attached hydrogens (tertiary/aromatic N) is 1. The third kappa shape index (κ3) is 10.9. The summed E-state index contributed by atoms with van der Waals surface area (Å²) in [6, 6.07) is 24.2. The van der Waals surface area contributed by atoms with Crippen LogP contribution in [0, 0.1) is 41.6 Å². The summed E-state index contributed by atoms with van der Waals surface area (Å²) in [5.74, 6) is 0.286. The van der Waals surface area contributed by atoms with Gasteiger partial charge in [-0.2, -0.15) is 0 Å². The molecular formula is C56H74IrNO3-. The topological polar surface area (TPSA) is 63.3 Å². The van der Waals surface area contributed by atoms with E-state index in [2.05, 4.69) is 137 Å². The Morgan fingerprint density at radius 1 is 0.721 bits per heavy atom. The van der Waals surface area contributed by atoms with E-state index in [1.807, 2.05) is 41.5 Å². The van der Waals surface area contributed by atoms with Gasteiger partial charge in [0.15, 0.2) is 5.78 Å². The zero-order valence-electron chi connectivity index (χ0n) is 40.6. The van der Waals surface area contributed by atoms with Crippen LogP contribution in [-0.2, 0) is 43.2 Å². The monoisotopic (exact) mass is 1000 g/mol. The standard InChI is InChI=1S/C41H46NO.C15H28O2.Ir/c1-24-17-25(2)34-33(18-24)42-36(35-31-14-12-13-27(23-40(6,7)8)37(31)43-38(34)35)29-20-28-19-26(22-39(3,4)5)15-16-30(28)32(21-29)41(9,10)11;1-7-14(5,8-2)12(16)11-13(17)15(6,9-3)10-4;/h12-19,21H,22-23H2,1-11H3;11,16H,7-10H2,1-6H3;/q-1;;/b;12-11-;. The molecule has 0 atom stereocenters. The van der Waals surface area contributed by atoms with Crippen LogP contribution in [0.1, 0.15) is 157 Å². The first-order chi connectivity index (χ1) is 27.8. The summed E-state index contributed by atoms with van der Waals surface area (Å²) >= 11 is 0. The molecule has 0 aliphatic rings. The molecule has 0 fully saturated rings. The van der Waals surface area contributed by atoms with Gasteiger partial charge in [0.2, 0.25) is 0 Å². The first-order valence-electron chi connectivity index (χ1n) is 22.5. The summed E-state index contributed by atoms with van der Waals surface area (Å²) in [7, 11) is 0. The number of benzene rings is 4. The van der Waals surface area contributed by atoms with E-state index in [-0.39, 0.29) is 58.7 Å². The Labute approximate surface area is 381 Å². The molecule has 5 heteroatoms. The van der Waals surface area contributed by atoms with Crippen LogP contribution in [0.4, 0.5) is 0 Å². The van der Waals surface area contributed by atoms with Crippen molar-refractivity contribution < 1.29 is 34.4 Å². The van der Waals surface area contributed by atoms with Crippen molar-refractivity contribution in [1.29, 1.82) is 0 Å². The Balaban J connectivity index is 0.000000388. The van der Waals surface area contributed by atoms with Crippen molar-refractivity contribution in [2.45, 2.75) is 162 Å². The number of hydrogen-bond acceptors (Lipinski definition) is 4. The average molecular weight is 1000 g/mol. The number of furan rings is 1. The molecule has 0 bridgehead atoms. The van der Waals surface area contributed by atoms with Crippen LogP contribution in [0.2, 0.25) is 0 Å². The van der Waals surface area contributed by atoms with E-state index in [9.17, 15) is 9.90 Å². The van der Waals surface area contributed by atoms with E-state index in [4.69, 9.17) is 9.40 Å². The van der Waals surface area contributed by atoms with Crippen molar-refractivity contribution in [3.05, 3.63) is 100 Å². The molecule has 0 saturated heterocycles. The molecule has 1 radical (unpaired) electrons. The molecule has 0 aliphatic carbocycles. The van der Waals surface area contributed by atoms with E-state index in [0.717, 1.165) is 88.0 Å². The second-order valence-corrected chi connectivity index (χ2v) is 21.7. The van der Waals surface area contributed by atoms with Gasteiger partial charge in [-0.3, -0.25) is 9.78 Å². The predicted molar refractivity (Wildman–Crippen MR) is 258 cm³/mol. The van der Waals surface area contributed by atoms with Gasteiger partial charge in [0, 0.05) is 58.9 Å². The summed E-state index contributed by atoms with van der Waals surface area (Å²) in [6.07, 6.45) is 6.71. The summed E-state index contributed by atoms with van der Waals surface area (Å²) in [4.78, 5) is 17.6. The number of fused-ring (bicyclic) bond motifs is 6. The number of aryl methyl sites for hydroxylation is 2. The first kappa shape index (κ1) is 49.9. The number of aliphatic hydroxyl groups excluding tert-OH is 1. The fourth-order valence-electron chi connectivity index (χ4n) is 8.49. The Kier molecular flexibility index (Phi) is 15.1. The van der Waals surface area contributed by atoms with Gasteiger partial charge in [-0.05, 0) is 91.4 Å². The molecule has 0 spiro atoms. The molecule has 6 aromatic rings. The van der Waals surface area contributed by atoms with Crippen molar-refractivity contribution in [3.8, 4) is 11.3 Å². The minimum atomic E-state index is -0.337. The number of carbonyl (C=O) groups excluding carboxylic acids is 1. The number of pyridine rings is 1. The van der Waals surface area contributed by atoms with Crippen molar-refractivity contribution in [2.75, 3.05) is 0 Å². The van der Waals surface area contributed by atoms with Gasteiger partial charge < -0.3 is 9.52 Å². The third-order valence-corrected chi connectivity index (χ3v) is 13.0. The second-order valence-electron chi connectivity index (χ2n) is 21.7. The molecule has 1 N–H and O–H groups in total. The number of carbonyl (C=O) groups is 1. The average Bonchev–Trinajstić information content (AvgIpc) is 3.55. The molecule has 61 heavy (non-hydrogen) atoms. The van der Waals surface area contributed by atoms with Crippen molar-refractivity contribution >= 4 is 49.4 Å². The van der Waals surface area contributed by atoms with E-state index >= 15 is 0 Å². The van der Waals surface area contributed by atoms with Crippen molar-refractivity contribution in [3.63, 3.8) is 0 Å². The molecule has 0 saturated carbocycles. The maximum absolute atomic E-state index is 12.2. The van der Waals surface area contributed by atoms with Gasteiger partial charge in [-0.1, -0.05) is 157 Å². The van der Waals surface area contributed by atoms with Crippen LogP contribution < -0.4 is 0 Å². The Morgan fingerprint density at radius 2 is 1.33 bits per heavy atom. The minimum absolute atomic E-state index is 0.